The molecule has 2 atom stereocenters. The summed E-state index contributed by atoms with van der Waals surface area (Å²) in [6.45, 7) is 2.70. The van der Waals surface area contributed by atoms with Gasteiger partial charge in [0.05, 0.1) is 5.54 Å². The van der Waals surface area contributed by atoms with Gasteiger partial charge in [-0.1, -0.05) is 18.6 Å². The molecule has 1 aliphatic carbocycles. The molecule has 2 N–H and O–H groups in total. The Morgan fingerprint density at radius 1 is 1.26 bits per heavy atom. The molecule has 4 rings (SSSR count). The van der Waals surface area contributed by atoms with Crippen LogP contribution < -0.4 is 10.6 Å². The maximum absolute atomic E-state index is 12.7. The molecule has 2 aliphatic heterocycles. The minimum atomic E-state index is -0.410. The lowest BCUT2D eigenvalue weighted by atomic mass is 9.79. The van der Waals surface area contributed by atoms with Crippen LogP contribution in [0.15, 0.2) is 24.3 Å². The van der Waals surface area contributed by atoms with Gasteiger partial charge >= 0.3 is 0 Å². The van der Waals surface area contributed by atoms with Gasteiger partial charge < -0.3 is 15.5 Å². The SMILES string of the molecule is CC(=O)Nc1cccc([C@@H]2CN(C(=O)C3CC3)C[C@]23CCCCC(=O)N3)c1. The van der Waals surface area contributed by atoms with E-state index in [1.54, 1.807) is 0 Å². The fraction of sp³-hybridized carbons (Fsp3) is 0.571. The monoisotopic (exact) mass is 369 g/mol. The third-order valence-electron chi connectivity index (χ3n) is 6.06. The highest BCUT2D eigenvalue weighted by Crippen LogP contribution is 2.43. The molecular formula is C21H27N3O3. The lowest BCUT2D eigenvalue weighted by Gasteiger charge is -2.35. The maximum Gasteiger partial charge on any atom is 0.225 e. The third-order valence-corrected chi connectivity index (χ3v) is 6.06. The molecule has 3 fully saturated rings. The summed E-state index contributed by atoms with van der Waals surface area (Å²) < 4.78 is 0. The summed E-state index contributed by atoms with van der Waals surface area (Å²) in [5.74, 6) is 0.412. The van der Waals surface area contributed by atoms with Gasteiger partial charge in [0.25, 0.3) is 0 Å². The molecule has 1 saturated carbocycles. The van der Waals surface area contributed by atoms with Crippen molar-refractivity contribution in [3.05, 3.63) is 29.8 Å². The van der Waals surface area contributed by atoms with Crippen LogP contribution in [-0.4, -0.2) is 41.2 Å². The summed E-state index contributed by atoms with van der Waals surface area (Å²) in [5, 5.41) is 6.12. The van der Waals surface area contributed by atoms with Gasteiger partial charge in [0, 0.05) is 44.0 Å². The van der Waals surface area contributed by atoms with E-state index in [4.69, 9.17) is 0 Å². The first-order valence-corrected chi connectivity index (χ1v) is 9.94. The molecular weight excluding hydrogens is 342 g/mol. The Morgan fingerprint density at radius 3 is 2.81 bits per heavy atom. The van der Waals surface area contributed by atoms with Gasteiger partial charge in [0.15, 0.2) is 0 Å². The first kappa shape index (κ1) is 18.0. The van der Waals surface area contributed by atoms with Crippen LogP contribution >= 0.6 is 0 Å². The van der Waals surface area contributed by atoms with Crippen LogP contribution in [0.4, 0.5) is 5.69 Å². The van der Waals surface area contributed by atoms with Crippen LogP contribution in [0, 0.1) is 5.92 Å². The second-order valence-corrected chi connectivity index (χ2v) is 8.26. The standard InChI is InChI=1S/C21H27N3O3/c1-14(25)22-17-6-4-5-16(11-17)18-12-24(20(27)15-8-9-15)13-21(18)10-3-2-7-19(26)23-21/h4-6,11,15,18H,2-3,7-10,12-13H2,1H3,(H,22,25)(H,23,26)/t18-,21+/m0/s1. The predicted molar refractivity (Wildman–Crippen MR) is 102 cm³/mol. The molecule has 1 spiro atoms. The number of nitrogens with zero attached hydrogens (tertiary/aromatic N) is 1. The minimum Gasteiger partial charge on any atom is -0.348 e. The van der Waals surface area contributed by atoms with Crippen molar-refractivity contribution >= 4 is 23.4 Å². The van der Waals surface area contributed by atoms with E-state index in [1.165, 1.54) is 6.92 Å². The fourth-order valence-electron chi connectivity index (χ4n) is 4.64. The minimum absolute atomic E-state index is 0.0379. The molecule has 144 valence electrons. The van der Waals surface area contributed by atoms with Crippen LogP contribution in [0.3, 0.4) is 0 Å². The number of anilines is 1. The number of carbonyl (C=O) groups is 3. The zero-order valence-corrected chi connectivity index (χ0v) is 15.8. The van der Waals surface area contributed by atoms with Crippen LogP contribution in [-0.2, 0) is 14.4 Å². The number of carbonyl (C=O) groups excluding carboxylic acids is 3. The molecule has 0 aromatic heterocycles. The Morgan fingerprint density at radius 2 is 2.07 bits per heavy atom. The topological polar surface area (TPSA) is 78.5 Å². The summed E-state index contributed by atoms with van der Waals surface area (Å²) in [7, 11) is 0. The number of nitrogens with one attached hydrogen (secondary N) is 2. The summed E-state index contributed by atoms with van der Waals surface area (Å²) in [6, 6.07) is 7.82. The fourth-order valence-corrected chi connectivity index (χ4v) is 4.64. The van der Waals surface area contributed by atoms with Gasteiger partial charge in [-0.2, -0.15) is 0 Å². The molecule has 2 saturated heterocycles. The van der Waals surface area contributed by atoms with E-state index in [-0.39, 0.29) is 29.6 Å². The number of likely N-dealkylation sites (tertiary alicyclic amines) is 1. The zero-order chi connectivity index (χ0) is 19.0. The number of hydrogen-bond donors (Lipinski definition) is 2. The van der Waals surface area contributed by atoms with Gasteiger partial charge in [0.1, 0.15) is 0 Å². The van der Waals surface area contributed by atoms with Crippen molar-refractivity contribution in [3.63, 3.8) is 0 Å². The highest BCUT2D eigenvalue weighted by molar-refractivity contribution is 5.88. The van der Waals surface area contributed by atoms with Crippen molar-refractivity contribution < 1.29 is 14.4 Å². The van der Waals surface area contributed by atoms with E-state index in [9.17, 15) is 14.4 Å². The van der Waals surface area contributed by atoms with E-state index in [0.29, 0.717) is 19.5 Å². The molecule has 2 heterocycles. The van der Waals surface area contributed by atoms with Crippen molar-refractivity contribution in [1.82, 2.24) is 10.2 Å². The number of amides is 3. The van der Waals surface area contributed by atoms with Crippen LogP contribution in [0.5, 0.6) is 0 Å². The van der Waals surface area contributed by atoms with Gasteiger partial charge in [0.2, 0.25) is 17.7 Å². The molecule has 1 aromatic rings. The molecule has 6 heteroatoms. The molecule has 3 amide bonds. The average molecular weight is 369 g/mol. The third kappa shape index (κ3) is 3.70. The zero-order valence-electron chi connectivity index (χ0n) is 15.8. The van der Waals surface area contributed by atoms with Gasteiger partial charge in [-0.15, -0.1) is 0 Å². The quantitative estimate of drug-likeness (QED) is 0.859. The highest BCUT2D eigenvalue weighted by atomic mass is 16.2. The van der Waals surface area contributed by atoms with Crippen molar-refractivity contribution in [3.8, 4) is 0 Å². The summed E-state index contributed by atoms with van der Waals surface area (Å²) in [5.41, 5.74) is 1.41. The normalized spacial score (nSPS) is 28.0. The van der Waals surface area contributed by atoms with E-state index >= 15 is 0 Å². The van der Waals surface area contributed by atoms with Gasteiger partial charge in [-0.25, -0.2) is 0 Å². The molecule has 3 aliphatic rings. The van der Waals surface area contributed by atoms with Crippen molar-refractivity contribution in [2.45, 2.75) is 56.9 Å². The second kappa shape index (κ2) is 6.98. The first-order chi connectivity index (χ1) is 13.0. The van der Waals surface area contributed by atoms with Crippen molar-refractivity contribution in [2.75, 3.05) is 18.4 Å². The first-order valence-electron chi connectivity index (χ1n) is 9.94. The Balaban J connectivity index is 1.67. The Kier molecular flexibility index (Phi) is 4.66. The lowest BCUT2D eigenvalue weighted by molar-refractivity contribution is -0.132. The molecule has 0 radical (unpaired) electrons. The van der Waals surface area contributed by atoms with E-state index in [1.807, 2.05) is 29.2 Å². The van der Waals surface area contributed by atoms with Crippen LogP contribution in [0.1, 0.15) is 56.9 Å². The molecule has 1 aromatic carbocycles. The molecule has 6 nitrogen and oxygen atoms in total. The average Bonchev–Trinajstić information content (AvgIpc) is 3.41. The molecule has 0 unspecified atom stereocenters. The van der Waals surface area contributed by atoms with Crippen LogP contribution in [0.25, 0.3) is 0 Å². The lowest BCUT2D eigenvalue weighted by Crippen LogP contribution is -2.53. The predicted octanol–water partition coefficient (Wildman–Crippen LogP) is 2.41. The number of rotatable bonds is 3. The number of hydrogen-bond acceptors (Lipinski definition) is 3. The smallest absolute Gasteiger partial charge is 0.225 e. The van der Waals surface area contributed by atoms with E-state index in [0.717, 1.165) is 43.4 Å². The maximum atomic E-state index is 12.7. The second-order valence-electron chi connectivity index (χ2n) is 8.26. The van der Waals surface area contributed by atoms with Crippen molar-refractivity contribution in [1.29, 1.82) is 0 Å². The highest BCUT2D eigenvalue weighted by Gasteiger charge is 2.51. The number of benzene rings is 1. The van der Waals surface area contributed by atoms with E-state index in [2.05, 4.69) is 10.6 Å². The molecule has 27 heavy (non-hydrogen) atoms. The largest absolute Gasteiger partial charge is 0.348 e. The Hall–Kier alpha value is -2.37. The summed E-state index contributed by atoms with van der Waals surface area (Å²) in [6.07, 6.45) is 5.27. The van der Waals surface area contributed by atoms with E-state index < -0.39 is 5.54 Å². The summed E-state index contributed by atoms with van der Waals surface area (Å²) >= 11 is 0. The Labute approximate surface area is 159 Å². The Bertz CT molecular complexity index is 774. The van der Waals surface area contributed by atoms with Crippen molar-refractivity contribution in [2.24, 2.45) is 5.92 Å². The molecule has 0 bridgehead atoms. The van der Waals surface area contributed by atoms with Gasteiger partial charge in [-0.3, -0.25) is 14.4 Å². The van der Waals surface area contributed by atoms with Crippen LogP contribution in [0.2, 0.25) is 0 Å². The summed E-state index contributed by atoms with van der Waals surface area (Å²) in [4.78, 5) is 38.5. The van der Waals surface area contributed by atoms with Gasteiger partial charge in [-0.05, 0) is 43.4 Å².